The number of hydrogen-bond donors (Lipinski definition) is 7. The molecule has 2 amide bonds. The van der Waals surface area contributed by atoms with Crippen LogP contribution in [0.15, 0.2) is 35.3 Å². The Hall–Kier alpha value is -4.59. The number of rotatable bonds is 11. The molecule has 35 heavy (non-hydrogen) atoms. The second-order valence-electron chi connectivity index (χ2n) is 7.39. The van der Waals surface area contributed by atoms with Crippen molar-refractivity contribution < 1.29 is 24.6 Å². The van der Waals surface area contributed by atoms with Gasteiger partial charge in [0.2, 0.25) is 11.9 Å². The van der Waals surface area contributed by atoms with Crippen LogP contribution < -0.4 is 27.2 Å². The fourth-order valence-corrected chi connectivity index (χ4v) is 3.07. The van der Waals surface area contributed by atoms with E-state index in [1.165, 1.54) is 18.3 Å². The number of carbonyl (C=O) groups is 3. The molecular weight excluding hydrogens is 460 g/mol. The van der Waals surface area contributed by atoms with Gasteiger partial charge in [0.15, 0.2) is 11.2 Å². The predicted molar refractivity (Wildman–Crippen MR) is 124 cm³/mol. The number of carbonyl (C=O) groups excluding carboxylic acids is 2. The first kappa shape index (κ1) is 25.0. The molecule has 2 heterocycles. The Bertz CT molecular complexity index is 1280. The third kappa shape index (κ3) is 6.94. The van der Waals surface area contributed by atoms with Gasteiger partial charge in [-0.25, -0.2) is 9.97 Å². The lowest BCUT2D eigenvalue weighted by molar-refractivity contribution is -0.137. The average molecular weight is 484 g/mol. The predicted octanol–water partition coefficient (Wildman–Crippen LogP) is -1.02. The zero-order valence-corrected chi connectivity index (χ0v) is 18.4. The molecule has 1 aromatic carbocycles. The summed E-state index contributed by atoms with van der Waals surface area (Å²) in [7, 11) is 0. The van der Waals surface area contributed by atoms with Crippen LogP contribution in [0.3, 0.4) is 0 Å². The van der Waals surface area contributed by atoms with Crippen LogP contribution in [0.4, 0.5) is 11.6 Å². The van der Waals surface area contributed by atoms with Gasteiger partial charge in [0, 0.05) is 24.2 Å². The maximum atomic E-state index is 12.6. The molecule has 0 radical (unpaired) electrons. The summed E-state index contributed by atoms with van der Waals surface area (Å²) in [6.07, 6.45) is 1.05. The van der Waals surface area contributed by atoms with E-state index in [1.54, 1.807) is 12.1 Å². The van der Waals surface area contributed by atoms with Gasteiger partial charge in [0.05, 0.1) is 25.0 Å². The van der Waals surface area contributed by atoms with Crippen LogP contribution in [0.5, 0.6) is 0 Å². The molecule has 0 aliphatic heterocycles. The number of hydrogen-bond acceptors (Lipinski definition) is 10. The summed E-state index contributed by atoms with van der Waals surface area (Å²) in [5.74, 6) is -2.29. The summed E-state index contributed by atoms with van der Waals surface area (Å²) in [5.41, 5.74) is 6.57. The lowest BCUT2D eigenvalue weighted by Gasteiger charge is -2.17. The van der Waals surface area contributed by atoms with Gasteiger partial charge in [-0.2, -0.15) is 4.98 Å². The fourth-order valence-electron chi connectivity index (χ4n) is 3.07. The lowest BCUT2D eigenvalue weighted by Crippen LogP contribution is -2.47. The van der Waals surface area contributed by atoms with Crippen LogP contribution in [-0.4, -0.2) is 67.1 Å². The van der Waals surface area contributed by atoms with E-state index in [0.29, 0.717) is 11.4 Å². The van der Waals surface area contributed by atoms with Gasteiger partial charge in [-0.1, -0.05) is 0 Å². The topological polar surface area (TPSA) is 225 Å². The van der Waals surface area contributed by atoms with Gasteiger partial charge in [-0.05, 0) is 30.7 Å². The highest BCUT2D eigenvalue weighted by atomic mass is 16.4. The number of anilines is 2. The number of aliphatic carboxylic acids is 1. The minimum atomic E-state index is -1.10. The standard InChI is InChI=1S/C21H24N8O6/c22-21-28-17-16(20(35)29-21)26-13(10-25-17)9-24-12-3-1-11(2-4-12)18(33)27-14(5-6-15(31)32)19(34)23-7-8-30/h1-4,10,14,24,30H,5-9H2,(H,23,34)(H,27,33)(H,31,32)(H3,22,25,28,29,35). The average Bonchev–Trinajstić information content (AvgIpc) is 2.83. The minimum absolute atomic E-state index is 0.0147. The SMILES string of the molecule is Nc1nc2ncc(CNc3ccc(C(=O)NC(CCC(=O)O)C(=O)NCCO)cc3)nc2c(=O)[nH]1. The highest BCUT2D eigenvalue weighted by Crippen LogP contribution is 2.12. The molecule has 184 valence electrons. The Morgan fingerprint density at radius 3 is 2.57 bits per heavy atom. The summed E-state index contributed by atoms with van der Waals surface area (Å²) < 4.78 is 0. The van der Waals surface area contributed by atoms with Crippen LogP contribution in [0, 0.1) is 0 Å². The van der Waals surface area contributed by atoms with Crippen LogP contribution in [-0.2, 0) is 16.1 Å². The summed E-state index contributed by atoms with van der Waals surface area (Å²) in [5, 5.41) is 25.8. The molecule has 14 nitrogen and oxygen atoms in total. The summed E-state index contributed by atoms with van der Waals surface area (Å²) in [4.78, 5) is 62.2. The van der Waals surface area contributed by atoms with Gasteiger partial charge < -0.3 is 31.9 Å². The molecule has 0 aliphatic rings. The van der Waals surface area contributed by atoms with Crippen molar-refractivity contribution in [2.45, 2.75) is 25.4 Å². The first-order chi connectivity index (χ1) is 16.8. The number of fused-ring (bicyclic) bond motifs is 1. The van der Waals surface area contributed by atoms with E-state index in [4.69, 9.17) is 15.9 Å². The molecule has 0 saturated heterocycles. The quantitative estimate of drug-likeness (QED) is 0.174. The maximum Gasteiger partial charge on any atom is 0.303 e. The number of amides is 2. The monoisotopic (exact) mass is 484 g/mol. The van der Waals surface area contributed by atoms with E-state index >= 15 is 0 Å². The van der Waals surface area contributed by atoms with Gasteiger partial charge >= 0.3 is 5.97 Å². The molecule has 3 aromatic rings. The van der Waals surface area contributed by atoms with Gasteiger partial charge in [0.25, 0.3) is 11.5 Å². The van der Waals surface area contributed by atoms with E-state index in [1.807, 2.05) is 0 Å². The number of benzene rings is 1. The Labute approximate surface area is 198 Å². The van der Waals surface area contributed by atoms with E-state index in [2.05, 4.69) is 35.9 Å². The third-order valence-electron chi connectivity index (χ3n) is 4.79. The maximum absolute atomic E-state index is 12.6. The largest absolute Gasteiger partial charge is 0.481 e. The highest BCUT2D eigenvalue weighted by Gasteiger charge is 2.22. The van der Waals surface area contributed by atoms with Crippen molar-refractivity contribution >= 4 is 40.6 Å². The van der Waals surface area contributed by atoms with Crippen LogP contribution in [0.25, 0.3) is 11.2 Å². The molecule has 3 rings (SSSR count). The van der Waals surface area contributed by atoms with Crippen LogP contribution in [0.1, 0.15) is 28.9 Å². The number of aliphatic hydroxyl groups excluding tert-OH is 1. The van der Waals surface area contributed by atoms with E-state index in [9.17, 15) is 19.2 Å². The van der Waals surface area contributed by atoms with Crippen molar-refractivity contribution in [3.63, 3.8) is 0 Å². The number of nitrogens with one attached hydrogen (secondary N) is 4. The molecule has 8 N–H and O–H groups in total. The van der Waals surface area contributed by atoms with E-state index in [-0.39, 0.29) is 55.2 Å². The number of aromatic amines is 1. The van der Waals surface area contributed by atoms with Crippen molar-refractivity contribution in [1.82, 2.24) is 30.6 Å². The Morgan fingerprint density at radius 1 is 1.14 bits per heavy atom. The van der Waals surface area contributed by atoms with Crippen molar-refractivity contribution in [3.8, 4) is 0 Å². The Balaban J connectivity index is 1.62. The van der Waals surface area contributed by atoms with Crippen molar-refractivity contribution in [3.05, 3.63) is 52.1 Å². The number of nitrogen functional groups attached to an aromatic ring is 1. The molecular formula is C21H24N8O6. The third-order valence-corrected chi connectivity index (χ3v) is 4.79. The van der Waals surface area contributed by atoms with Crippen molar-refractivity contribution in [2.75, 3.05) is 24.2 Å². The Morgan fingerprint density at radius 2 is 1.89 bits per heavy atom. The normalized spacial score (nSPS) is 11.6. The first-order valence-electron chi connectivity index (χ1n) is 10.5. The van der Waals surface area contributed by atoms with Crippen molar-refractivity contribution in [2.24, 2.45) is 0 Å². The molecule has 14 heteroatoms. The van der Waals surface area contributed by atoms with Crippen LogP contribution in [0.2, 0.25) is 0 Å². The van der Waals surface area contributed by atoms with Crippen molar-refractivity contribution in [1.29, 1.82) is 0 Å². The summed E-state index contributed by atoms with van der Waals surface area (Å²) >= 11 is 0. The van der Waals surface area contributed by atoms with Gasteiger partial charge in [-0.3, -0.25) is 24.2 Å². The number of H-pyrrole nitrogens is 1. The molecule has 0 bridgehead atoms. The fraction of sp³-hybridized carbons (Fsp3) is 0.286. The number of nitrogens with two attached hydrogens (primary N) is 1. The Kier molecular flexibility index (Phi) is 8.24. The molecule has 2 aromatic heterocycles. The molecule has 1 unspecified atom stereocenters. The smallest absolute Gasteiger partial charge is 0.303 e. The second kappa shape index (κ2) is 11.5. The number of carboxylic acid groups (broad SMARTS) is 1. The van der Waals surface area contributed by atoms with Gasteiger partial charge in [-0.15, -0.1) is 0 Å². The number of carboxylic acids is 1. The summed E-state index contributed by atoms with van der Waals surface area (Å²) in [6, 6.07) is 5.26. The van der Waals surface area contributed by atoms with E-state index < -0.39 is 29.4 Å². The first-order valence-corrected chi connectivity index (χ1v) is 10.5. The highest BCUT2D eigenvalue weighted by molar-refractivity contribution is 5.97. The number of aromatic nitrogens is 4. The zero-order chi connectivity index (χ0) is 25.4. The van der Waals surface area contributed by atoms with Crippen LogP contribution >= 0.6 is 0 Å². The van der Waals surface area contributed by atoms with Gasteiger partial charge in [0.1, 0.15) is 6.04 Å². The molecule has 0 saturated carbocycles. The molecule has 0 fully saturated rings. The van der Waals surface area contributed by atoms with E-state index in [0.717, 1.165) is 0 Å². The second-order valence-corrected chi connectivity index (χ2v) is 7.39. The number of aliphatic hydroxyl groups is 1. The minimum Gasteiger partial charge on any atom is -0.481 e. The summed E-state index contributed by atoms with van der Waals surface area (Å²) in [6.45, 7) is -0.0631. The number of nitrogens with zero attached hydrogens (tertiary/aromatic N) is 3. The molecule has 0 spiro atoms. The molecule has 1 atom stereocenters. The zero-order valence-electron chi connectivity index (χ0n) is 18.4. The molecule has 0 aliphatic carbocycles. The lowest BCUT2D eigenvalue weighted by atomic mass is 10.1.